The van der Waals surface area contributed by atoms with Crippen molar-refractivity contribution in [3.05, 3.63) is 57.4 Å². The van der Waals surface area contributed by atoms with Crippen molar-refractivity contribution < 1.29 is 27.6 Å². The molecule has 9 heteroatoms. The van der Waals surface area contributed by atoms with Gasteiger partial charge in [-0.1, -0.05) is 12.1 Å². The van der Waals surface area contributed by atoms with Crippen LogP contribution in [0, 0.1) is 10.1 Å². The topological polar surface area (TPSA) is 72.7 Å². The minimum absolute atomic E-state index is 0.0261. The second-order valence-electron chi connectivity index (χ2n) is 4.97. The van der Waals surface area contributed by atoms with Gasteiger partial charge in [-0.05, 0) is 24.6 Å². The van der Waals surface area contributed by atoms with E-state index in [-0.39, 0.29) is 17.9 Å². The molecule has 0 fully saturated rings. The van der Waals surface area contributed by atoms with Crippen LogP contribution in [0.2, 0.25) is 0 Å². The molecule has 0 spiro atoms. The van der Waals surface area contributed by atoms with Crippen LogP contribution in [0.15, 0.2) is 36.2 Å². The Bertz CT molecular complexity index is 644. The maximum atomic E-state index is 12.9. The molecule has 1 aromatic carbocycles. The molecule has 6 nitrogen and oxygen atoms in total. The van der Waals surface area contributed by atoms with Crippen LogP contribution in [0.3, 0.4) is 0 Å². The van der Waals surface area contributed by atoms with E-state index in [0.29, 0.717) is 0 Å². The van der Waals surface area contributed by atoms with Crippen molar-refractivity contribution in [3.8, 4) is 0 Å². The lowest BCUT2D eigenvalue weighted by Gasteiger charge is -2.25. The number of rotatable bonds is 6. The number of halogens is 3. The maximum absolute atomic E-state index is 12.9. The van der Waals surface area contributed by atoms with E-state index < -0.39 is 28.7 Å². The third kappa shape index (κ3) is 4.97. The first-order chi connectivity index (χ1) is 11.1. The highest BCUT2D eigenvalue weighted by Crippen LogP contribution is 2.32. The zero-order valence-corrected chi connectivity index (χ0v) is 13.3. The molecule has 0 amide bonds. The van der Waals surface area contributed by atoms with Crippen molar-refractivity contribution in [2.75, 3.05) is 13.7 Å². The van der Waals surface area contributed by atoms with Crippen LogP contribution in [0.5, 0.6) is 0 Å². The van der Waals surface area contributed by atoms with Crippen LogP contribution in [0.4, 0.5) is 13.2 Å². The minimum atomic E-state index is -4.57. The number of ether oxygens (including phenoxy) is 1. The van der Waals surface area contributed by atoms with Crippen molar-refractivity contribution in [2.24, 2.45) is 0 Å². The van der Waals surface area contributed by atoms with Crippen molar-refractivity contribution in [1.29, 1.82) is 0 Å². The molecule has 24 heavy (non-hydrogen) atoms. The van der Waals surface area contributed by atoms with Gasteiger partial charge in [0.2, 0.25) is 0 Å². The maximum Gasteiger partial charge on any atom is 0.416 e. The molecule has 0 N–H and O–H groups in total. The van der Waals surface area contributed by atoms with E-state index in [2.05, 4.69) is 0 Å². The number of carbonyl (C=O) groups excluding carboxylic acids is 1. The van der Waals surface area contributed by atoms with E-state index in [1.807, 2.05) is 0 Å². The number of carbonyl (C=O) groups is 1. The number of likely N-dealkylation sites (N-methyl/N-ethyl adjacent to an activating group) is 1. The number of allylic oxidation sites excluding steroid dienone is 1. The van der Waals surface area contributed by atoms with Gasteiger partial charge in [0, 0.05) is 14.0 Å². The lowest BCUT2D eigenvalue weighted by Crippen LogP contribution is -2.29. The second kappa shape index (κ2) is 7.80. The van der Waals surface area contributed by atoms with Crippen LogP contribution >= 0.6 is 0 Å². The summed E-state index contributed by atoms with van der Waals surface area (Å²) in [7, 11) is 1.36. The highest BCUT2D eigenvalue weighted by atomic mass is 19.4. The Morgan fingerprint density at radius 1 is 1.46 bits per heavy atom. The van der Waals surface area contributed by atoms with Gasteiger partial charge in [-0.3, -0.25) is 10.1 Å². The Hall–Kier alpha value is -2.58. The molecule has 0 aliphatic rings. The standard InChI is InChI=1S/C15H17F3N2O4/c1-4-24-14(21)13(19(3)9-10(2)20(22)23)11-6-5-7-12(8-11)15(16,17)18/h5-9,13H,4H2,1-3H3/b10-9+. The summed E-state index contributed by atoms with van der Waals surface area (Å²) in [6.07, 6.45) is -3.50. The summed E-state index contributed by atoms with van der Waals surface area (Å²) in [6, 6.07) is 2.98. The van der Waals surface area contributed by atoms with Crippen LogP contribution in [0.1, 0.15) is 31.0 Å². The predicted molar refractivity (Wildman–Crippen MR) is 79.3 cm³/mol. The average Bonchev–Trinajstić information content (AvgIpc) is 2.47. The molecule has 0 heterocycles. The summed E-state index contributed by atoms with van der Waals surface area (Å²) in [5.74, 6) is -0.799. The van der Waals surface area contributed by atoms with E-state index in [1.165, 1.54) is 26.1 Å². The van der Waals surface area contributed by atoms with Crippen molar-refractivity contribution in [3.63, 3.8) is 0 Å². The number of alkyl halides is 3. The summed E-state index contributed by atoms with van der Waals surface area (Å²) in [5, 5.41) is 10.7. The molecule has 0 radical (unpaired) electrons. The Labute approximate surface area is 136 Å². The van der Waals surface area contributed by atoms with E-state index in [0.717, 1.165) is 23.2 Å². The fourth-order valence-corrected chi connectivity index (χ4v) is 2.06. The van der Waals surface area contributed by atoms with Crippen LogP contribution in [-0.2, 0) is 15.7 Å². The molecule has 132 valence electrons. The van der Waals surface area contributed by atoms with Gasteiger partial charge >= 0.3 is 12.1 Å². The molecule has 1 aromatic rings. The van der Waals surface area contributed by atoms with Crippen molar-refractivity contribution in [2.45, 2.75) is 26.1 Å². The van der Waals surface area contributed by atoms with Gasteiger partial charge in [0.05, 0.1) is 23.3 Å². The number of hydrogen-bond acceptors (Lipinski definition) is 5. The zero-order valence-electron chi connectivity index (χ0n) is 13.3. The van der Waals surface area contributed by atoms with Crippen molar-refractivity contribution in [1.82, 2.24) is 4.90 Å². The summed E-state index contributed by atoms with van der Waals surface area (Å²) in [4.78, 5) is 23.4. The molecule has 0 saturated heterocycles. The fraction of sp³-hybridized carbons (Fsp3) is 0.400. The Kier molecular flexibility index (Phi) is 6.33. The highest BCUT2D eigenvalue weighted by molar-refractivity contribution is 5.78. The van der Waals surface area contributed by atoms with E-state index in [4.69, 9.17) is 4.74 Å². The Morgan fingerprint density at radius 2 is 2.08 bits per heavy atom. The van der Waals surface area contributed by atoms with Gasteiger partial charge in [-0.25, -0.2) is 4.79 Å². The van der Waals surface area contributed by atoms with E-state index >= 15 is 0 Å². The molecule has 0 aliphatic heterocycles. The van der Waals surface area contributed by atoms with Gasteiger partial charge in [-0.15, -0.1) is 0 Å². The fourth-order valence-electron chi connectivity index (χ4n) is 2.06. The number of nitro groups is 1. The SMILES string of the molecule is CCOC(=O)C(c1cccc(C(F)(F)F)c1)N(C)/C=C(\C)[N+](=O)[O-]. The summed E-state index contributed by atoms with van der Waals surface area (Å²) in [6.45, 7) is 2.80. The number of nitrogens with zero attached hydrogens (tertiary/aromatic N) is 2. The lowest BCUT2D eigenvalue weighted by atomic mass is 10.0. The van der Waals surface area contributed by atoms with Gasteiger partial charge in [-0.2, -0.15) is 13.2 Å². The van der Waals surface area contributed by atoms with Crippen molar-refractivity contribution >= 4 is 5.97 Å². The average molecular weight is 346 g/mol. The molecular formula is C15H17F3N2O4. The third-order valence-electron chi connectivity index (χ3n) is 3.13. The molecule has 1 atom stereocenters. The molecule has 0 aromatic heterocycles. The Balaban J connectivity index is 3.32. The molecule has 0 saturated carbocycles. The van der Waals surface area contributed by atoms with Gasteiger partial charge < -0.3 is 9.64 Å². The number of esters is 1. The highest BCUT2D eigenvalue weighted by Gasteiger charge is 2.33. The van der Waals surface area contributed by atoms with Crippen LogP contribution in [-0.4, -0.2) is 29.4 Å². The largest absolute Gasteiger partial charge is 0.464 e. The van der Waals surface area contributed by atoms with E-state index in [1.54, 1.807) is 6.92 Å². The van der Waals surface area contributed by atoms with Gasteiger partial charge in [0.15, 0.2) is 6.04 Å². The van der Waals surface area contributed by atoms with Gasteiger partial charge in [0.1, 0.15) is 0 Å². The summed E-state index contributed by atoms with van der Waals surface area (Å²) >= 11 is 0. The molecule has 0 bridgehead atoms. The van der Waals surface area contributed by atoms with E-state index in [9.17, 15) is 28.1 Å². The summed E-state index contributed by atoms with van der Waals surface area (Å²) < 4.78 is 43.5. The predicted octanol–water partition coefficient (Wildman–Crippen LogP) is 3.38. The third-order valence-corrected chi connectivity index (χ3v) is 3.13. The molecular weight excluding hydrogens is 329 g/mol. The first-order valence-electron chi connectivity index (χ1n) is 6.96. The quantitative estimate of drug-likeness (QED) is 0.448. The smallest absolute Gasteiger partial charge is 0.416 e. The number of hydrogen-bond donors (Lipinski definition) is 0. The lowest BCUT2D eigenvalue weighted by molar-refractivity contribution is -0.425. The minimum Gasteiger partial charge on any atom is -0.464 e. The zero-order chi connectivity index (χ0) is 18.5. The number of benzene rings is 1. The molecule has 1 unspecified atom stereocenters. The first-order valence-corrected chi connectivity index (χ1v) is 6.96. The molecule has 1 rings (SSSR count). The monoisotopic (exact) mass is 346 g/mol. The van der Waals surface area contributed by atoms with Gasteiger partial charge in [0.25, 0.3) is 5.70 Å². The Morgan fingerprint density at radius 3 is 2.58 bits per heavy atom. The van der Waals surface area contributed by atoms with Crippen LogP contribution < -0.4 is 0 Å². The first kappa shape index (κ1) is 19.5. The van der Waals surface area contributed by atoms with Crippen LogP contribution in [0.25, 0.3) is 0 Å². The second-order valence-corrected chi connectivity index (χ2v) is 4.97. The summed E-state index contributed by atoms with van der Waals surface area (Å²) in [5.41, 5.74) is -1.16. The molecule has 0 aliphatic carbocycles. The normalized spacial score (nSPS) is 13.3.